The van der Waals surface area contributed by atoms with Crippen LogP contribution in [0, 0.1) is 0 Å². The number of aliphatic hydroxyl groups excluding tert-OH is 1. The maximum Gasteiger partial charge on any atom is 0.410 e. The number of aliphatic hydroxyl groups is 1. The Morgan fingerprint density at radius 3 is 2.46 bits per heavy atom. The lowest BCUT2D eigenvalue weighted by Gasteiger charge is -2.29. The minimum atomic E-state index is -1.03. The summed E-state index contributed by atoms with van der Waals surface area (Å²) in [4.78, 5) is 44.2. The van der Waals surface area contributed by atoms with Crippen LogP contribution in [0.25, 0.3) is 0 Å². The molecule has 0 spiro atoms. The Hall–Kier alpha value is -3.18. The summed E-state index contributed by atoms with van der Waals surface area (Å²) in [6.07, 6.45) is 0.656. The number of esters is 1. The molecule has 1 aliphatic rings. The van der Waals surface area contributed by atoms with Gasteiger partial charge in [0.05, 0.1) is 23.3 Å². The molecule has 3 rings (SSSR count). The highest BCUT2D eigenvalue weighted by Crippen LogP contribution is 2.29. The smallest absolute Gasteiger partial charge is 0.410 e. The number of hydrogen-bond donors (Lipinski definition) is 2. The highest BCUT2D eigenvalue weighted by Gasteiger charge is 2.28. The minimum Gasteiger partial charge on any atom is -0.480 e. The van der Waals surface area contributed by atoms with E-state index >= 15 is 0 Å². The van der Waals surface area contributed by atoms with Crippen LogP contribution in [-0.2, 0) is 27.2 Å². The third-order valence-electron chi connectivity index (χ3n) is 5.08. The number of pyridine rings is 1. The van der Waals surface area contributed by atoms with Crippen molar-refractivity contribution in [3.8, 4) is 5.75 Å². The van der Waals surface area contributed by atoms with Gasteiger partial charge in [0.1, 0.15) is 23.1 Å². The summed E-state index contributed by atoms with van der Waals surface area (Å²) in [5, 5.41) is 13.2. The van der Waals surface area contributed by atoms with Crippen molar-refractivity contribution in [2.24, 2.45) is 0 Å². The molecule has 0 fully saturated rings. The van der Waals surface area contributed by atoms with E-state index in [4.69, 9.17) is 14.2 Å². The number of aromatic nitrogens is 1. The Kier molecular flexibility index (Phi) is 8.80. The predicted octanol–water partition coefficient (Wildman–Crippen LogP) is 3.62. The van der Waals surface area contributed by atoms with Crippen LogP contribution in [0.2, 0.25) is 0 Å². The van der Waals surface area contributed by atoms with Gasteiger partial charge in [-0.3, -0.25) is 9.78 Å². The molecular weight excluding hydrogens is 498 g/mol. The van der Waals surface area contributed by atoms with E-state index in [1.165, 1.54) is 17.5 Å². The van der Waals surface area contributed by atoms with Gasteiger partial charge in [-0.05, 0) is 71.7 Å². The second-order valence-corrected chi connectivity index (χ2v) is 11.9. The third-order valence-corrected chi connectivity index (χ3v) is 6.31. The average Bonchev–Trinajstić information content (AvgIpc) is 3.23. The zero-order chi connectivity index (χ0) is 27.4. The van der Waals surface area contributed by atoms with Crippen molar-refractivity contribution in [2.45, 2.75) is 71.8 Å². The molecule has 3 heterocycles. The summed E-state index contributed by atoms with van der Waals surface area (Å²) < 4.78 is 16.0. The number of carbonyl (C=O) groups excluding carboxylic acids is 3. The van der Waals surface area contributed by atoms with Gasteiger partial charge in [-0.1, -0.05) is 0 Å². The summed E-state index contributed by atoms with van der Waals surface area (Å²) in [6, 6.07) is 4.94. The molecule has 2 aromatic rings. The Morgan fingerprint density at radius 1 is 1.14 bits per heavy atom. The summed E-state index contributed by atoms with van der Waals surface area (Å²) in [7, 11) is 0. The number of carbonyl (C=O) groups is 3. The maximum atomic E-state index is 12.7. The molecule has 1 atom stereocenters. The molecule has 2 amide bonds. The third kappa shape index (κ3) is 8.71. The van der Waals surface area contributed by atoms with Gasteiger partial charge in [0.2, 0.25) is 0 Å². The van der Waals surface area contributed by atoms with Gasteiger partial charge in [-0.25, -0.2) is 9.59 Å². The van der Waals surface area contributed by atoms with E-state index in [9.17, 15) is 19.5 Å². The van der Waals surface area contributed by atoms with Crippen molar-refractivity contribution >= 4 is 29.3 Å². The first-order valence-corrected chi connectivity index (χ1v) is 12.9. The molecule has 0 saturated heterocycles. The Bertz CT molecular complexity index is 1120. The molecule has 1 aliphatic heterocycles. The molecule has 0 radical (unpaired) electrons. The van der Waals surface area contributed by atoms with Crippen molar-refractivity contribution in [1.29, 1.82) is 0 Å². The van der Waals surface area contributed by atoms with Crippen LogP contribution < -0.4 is 10.1 Å². The van der Waals surface area contributed by atoms with Gasteiger partial charge in [0, 0.05) is 18.0 Å². The van der Waals surface area contributed by atoms with E-state index in [0.29, 0.717) is 35.8 Å². The number of thiophene rings is 1. The van der Waals surface area contributed by atoms with Gasteiger partial charge in [-0.15, -0.1) is 11.3 Å². The van der Waals surface area contributed by atoms with Crippen LogP contribution in [0.3, 0.4) is 0 Å². The zero-order valence-corrected chi connectivity index (χ0v) is 22.9. The molecule has 1 unspecified atom stereocenters. The number of nitrogens with one attached hydrogen (secondary N) is 1. The fourth-order valence-corrected chi connectivity index (χ4v) is 4.58. The molecule has 11 heteroatoms. The van der Waals surface area contributed by atoms with Gasteiger partial charge in [0.25, 0.3) is 5.91 Å². The Morgan fingerprint density at radius 2 is 1.84 bits per heavy atom. The number of ether oxygens (including phenoxy) is 3. The van der Waals surface area contributed by atoms with Crippen molar-refractivity contribution < 1.29 is 33.7 Å². The number of hydrogen-bond acceptors (Lipinski definition) is 9. The van der Waals surface area contributed by atoms with E-state index in [1.807, 2.05) is 20.8 Å². The summed E-state index contributed by atoms with van der Waals surface area (Å²) in [5.41, 5.74) is 0.111. The van der Waals surface area contributed by atoms with Crippen molar-refractivity contribution in [3.05, 3.63) is 45.4 Å². The number of amides is 2. The number of rotatable bonds is 7. The molecule has 0 bridgehead atoms. The van der Waals surface area contributed by atoms with Gasteiger partial charge in [-0.2, -0.15) is 0 Å². The lowest BCUT2D eigenvalue weighted by atomic mass is 10.1. The van der Waals surface area contributed by atoms with Crippen LogP contribution >= 0.6 is 11.3 Å². The second kappa shape index (κ2) is 11.5. The van der Waals surface area contributed by atoms with Crippen molar-refractivity contribution in [2.75, 3.05) is 19.7 Å². The maximum absolute atomic E-state index is 12.7. The first kappa shape index (κ1) is 28.4. The molecule has 2 aromatic heterocycles. The van der Waals surface area contributed by atoms with E-state index in [2.05, 4.69) is 10.3 Å². The first-order chi connectivity index (χ1) is 17.2. The van der Waals surface area contributed by atoms with Gasteiger partial charge < -0.3 is 29.5 Å². The average molecular weight is 534 g/mol. The van der Waals surface area contributed by atoms with Crippen LogP contribution in [0.15, 0.2) is 24.4 Å². The molecule has 37 heavy (non-hydrogen) atoms. The van der Waals surface area contributed by atoms with Crippen LogP contribution in [0.1, 0.15) is 73.5 Å². The van der Waals surface area contributed by atoms with Crippen molar-refractivity contribution in [1.82, 2.24) is 15.2 Å². The SMILES string of the molecule is CC(C)(C)OC(=O)COc1ccc(C(O)CNC(=O)c2cc3c(s2)CCN(C(=O)OC(C)(C)C)C3)nc1. The normalized spacial score (nSPS) is 14.4. The van der Waals surface area contributed by atoms with Gasteiger partial charge in [0.15, 0.2) is 6.61 Å². The van der Waals surface area contributed by atoms with E-state index < -0.39 is 23.3 Å². The fraction of sp³-hybridized carbons (Fsp3) is 0.538. The standard InChI is InChI=1S/C26H35N3O7S/c1-25(2,3)35-22(31)15-34-17-7-8-18(27-12-17)19(30)13-28-23(32)21-11-16-14-29(10-9-20(16)37-21)24(33)36-26(4,5)6/h7-8,11-12,19,30H,9-10,13-15H2,1-6H3,(H,28,32). The molecular formula is C26H35N3O7S. The number of nitrogens with zero attached hydrogens (tertiary/aromatic N) is 2. The highest BCUT2D eigenvalue weighted by molar-refractivity contribution is 7.14. The van der Waals surface area contributed by atoms with E-state index in [-0.39, 0.29) is 25.2 Å². The zero-order valence-electron chi connectivity index (χ0n) is 22.1. The van der Waals surface area contributed by atoms with Crippen LogP contribution in [0.5, 0.6) is 5.75 Å². The van der Waals surface area contributed by atoms with Gasteiger partial charge >= 0.3 is 12.1 Å². The van der Waals surface area contributed by atoms with E-state index in [0.717, 1.165) is 10.4 Å². The van der Waals surface area contributed by atoms with E-state index in [1.54, 1.807) is 43.9 Å². The van der Waals surface area contributed by atoms with Crippen LogP contribution in [-0.4, -0.2) is 63.9 Å². The monoisotopic (exact) mass is 533 g/mol. The fourth-order valence-electron chi connectivity index (χ4n) is 3.50. The Labute approximate surface area is 220 Å². The Balaban J connectivity index is 1.49. The summed E-state index contributed by atoms with van der Waals surface area (Å²) >= 11 is 1.39. The molecule has 0 saturated carbocycles. The molecule has 202 valence electrons. The van der Waals surface area contributed by atoms with Crippen LogP contribution in [0.4, 0.5) is 4.79 Å². The lowest BCUT2D eigenvalue weighted by Crippen LogP contribution is -2.39. The predicted molar refractivity (Wildman–Crippen MR) is 138 cm³/mol. The molecule has 10 nitrogen and oxygen atoms in total. The first-order valence-electron chi connectivity index (χ1n) is 12.1. The second-order valence-electron chi connectivity index (χ2n) is 10.7. The summed E-state index contributed by atoms with van der Waals surface area (Å²) in [6.45, 7) is 11.4. The minimum absolute atomic E-state index is 0.0312. The van der Waals surface area contributed by atoms with Crippen molar-refractivity contribution in [3.63, 3.8) is 0 Å². The summed E-state index contributed by atoms with van der Waals surface area (Å²) in [5.74, 6) is -0.442. The quantitative estimate of drug-likeness (QED) is 0.517. The molecule has 0 aliphatic carbocycles. The number of fused-ring (bicyclic) bond motifs is 1. The molecule has 2 N–H and O–H groups in total. The highest BCUT2D eigenvalue weighted by atomic mass is 32.1. The lowest BCUT2D eigenvalue weighted by molar-refractivity contribution is -0.157. The molecule has 0 aromatic carbocycles. The largest absolute Gasteiger partial charge is 0.480 e. The topological polar surface area (TPSA) is 127 Å².